The van der Waals surface area contributed by atoms with Crippen LogP contribution in [0.15, 0.2) is 18.2 Å². The van der Waals surface area contributed by atoms with Crippen LogP contribution in [0.4, 0.5) is 0 Å². The molecule has 0 saturated carbocycles. The summed E-state index contributed by atoms with van der Waals surface area (Å²) in [5.41, 5.74) is 1.91. The second-order valence-corrected chi connectivity index (χ2v) is 4.11. The SMILES string of the molecule is CCc1ccc(OC)c(C(=O)C2CNC2)c1. The summed E-state index contributed by atoms with van der Waals surface area (Å²) in [5, 5.41) is 3.12. The van der Waals surface area contributed by atoms with Crippen LogP contribution in [-0.4, -0.2) is 26.0 Å². The number of carbonyl (C=O) groups excluding carboxylic acids is 1. The first-order chi connectivity index (χ1) is 7.76. The minimum atomic E-state index is 0.126. The maximum absolute atomic E-state index is 12.2. The molecular weight excluding hydrogens is 202 g/mol. The Hall–Kier alpha value is -1.35. The third-order valence-corrected chi connectivity index (χ3v) is 3.09. The first-order valence-corrected chi connectivity index (χ1v) is 5.68. The molecule has 0 aromatic heterocycles. The summed E-state index contributed by atoms with van der Waals surface area (Å²) in [6, 6.07) is 5.85. The van der Waals surface area contributed by atoms with Gasteiger partial charge in [0.25, 0.3) is 0 Å². The van der Waals surface area contributed by atoms with Crippen LogP contribution in [0.5, 0.6) is 5.75 Å². The normalized spacial score (nSPS) is 15.6. The van der Waals surface area contributed by atoms with Crippen LogP contribution in [0.2, 0.25) is 0 Å². The van der Waals surface area contributed by atoms with E-state index in [-0.39, 0.29) is 11.7 Å². The lowest BCUT2D eigenvalue weighted by Gasteiger charge is -2.26. The standard InChI is InChI=1S/C13H17NO2/c1-3-9-4-5-12(16-2)11(6-9)13(15)10-7-14-8-10/h4-6,10,14H,3,7-8H2,1-2H3. The number of rotatable bonds is 4. The van der Waals surface area contributed by atoms with E-state index >= 15 is 0 Å². The van der Waals surface area contributed by atoms with E-state index in [2.05, 4.69) is 12.2 Å². The second-order valence-electron chi connectivity index (χ2n) is 4.11. The quantitative estimate of drug-likeness (QED) is 0.783. The fourth-order valence-corrected chi connectivity index (χ4v) is 1.86. The Morgan fingerprint density at radius 2 is 2.25 bits per heavy atom. The van der Waals surface area contributed by atoms with Gasteiger partial charge in [-0.15, -0.1) is 0 Å². The van der Waals surface area contributed by atoms with Crippen LogP contribution >= 0.6 is 0 Å². The van der Waals surface area contributed by atoms with Gasteiger partial charge >= 0.3 is 0 Å². The maximum atomic E-state index is 12.2. The Kier molecular flexibility index (Phi) is 3.25. The van der Waals surface area contributed by atoms with Gasteiger partial charge in [0, 0.05) is 19.0 Å². The Morgan fingerprint density at radius 1 is 1.50 bits per heavy atom. The second kappa shape index (κ2) is 4.66. The average Bonchev–Trinajstić information content (AvgIpc) is 2.25. The van der Waals surface area contributed by atoms with E-state index in [1.54, 1.807) is 7.11 Å². The van der Waals surface area contributed by atoms with E-state index in [1.165, 1.54) is 5.56 Å². The van der Waals surface area contributed by atoms with Gasteiger partial charge < -0.3 is 10.1 Å². The first-order valence-electron chi connectivity index (χ1n) is 5.68. The Balaban J connectivity index is 2.31. The van der Waals surface area contributed by atoms with Crippen molar-refractivity contribution in [3.8, 4) is 5.75 Å². The van der Waals surface area contributed by atoms with Crippen molar-refractivity contribution in [1.82, 2.24) is 5.32 Å². The van der Waals surface area contributed by atoms with Gasteiger partial charge in [0.1, 0.15) is 5.75 Å². The van der Waals surface area contributed by atoms with Crippen molar-refractivity contribution < 1.29 is 9.53 Å². The lowest BCUT2D eigenvalue weighted by Crippen LogP contribution is -2.46. The first kappa shape index (κ1) is 11.1. The van der Waals surface area contributed by atoms with Crippen LogP contribution in [0.3, 0.4) is 0 Å². The smallest absolute Gasteiger partial charge is 0.172 e. The summed E-state index contributed by atoms with van der Waals surface area (Å²) in [4.78, 5) is 12.2. The summed E-state index contributed by atoms with van der Waals surface area (Å²) in [6.07, 6.45) is 0.938. The molecule has 1 N–H and O–H groups in total. The van der Waals surface area contributed by atoms with Crippen molar-refractivity contribution in [3.05, 3.63) is 29.3 Å². The molecule has 0 radical (unpaired) electrons. The van der Waals surface area contributed by atoms with Gasteiger partial charge in [-0.05, 0) is 24.1 Å². The molecule has 1 aromatic rings. The monoisotopic (exact) mass is 219 g/mol. The minimum absolute atomic E-state index is 0.126. The zero-order chi connectivity index (χ0) is 11.5. The van der Waals surface area contributed by atoms with Crippen molar-refractivity contribution in [3.63, 3.8) is 0 Å². The molecule has 86 valence electrons. The fraction of sp³-hybridized carbons (Fsp3) is 0.462. The van der Waals surface area contributed by atoms with Crippen molar-refractivity contribution in [2.75, 3.05) is 20.2 Å². The van der Waals surface area contributed by atoms with Crippen LogP contribution in [-0.2, 0) is 6.42 Å². The number of ether oxygens (including phenoxy) is 1. The minimum Gasteiger partial charge on any atom is -0.496 e. The number of benzene rings is 1. The number of methoxy groups -OCH3 is 1. The number of carbonyl (C=O) groups is 1. The highest BCUT2D eigenvalue weighted by Gasteiger charge is 2.27. The third-order valence-electron chi connectivity index (χ3n) is 3.09. The van der Waals surface area contributed by atoms with Crippen LogP contribution in [0.25, 0.3) is 0 Å². The molecule has 1 aliphatic rings. The molecule has 1 aromatic carbocycles. The number of Topliss-reactive ketones (excluding diaryl/α,β-unsaturated/α-hetero) is 1. The van der Waals surface area contributed by atoms with E-state index in [4.69, 9.17) is 4.74 Å². The molecule has 0 aliphatic carbocycles. The van der Waals surface area contributed by atoms with Crippen molar-refractivity contribution in [2.45, 2.75) is 13.3 Å². The molecule has 2 rings (SSSR count). The van der Waals surface area contributed by atoms with Crippen LogP contribution in [0.1, 0.15) is 22.8 Å². The van der Waals surface area contributed by atoms with E-state index < -0.39 is 0 Å². The zero-order valence-electron chi connectivity index (χ0n) is 9.75. The topological polar surface area (TPSA) is 38.3 Å². The summed E-state index contributed by atoms with van der Waals surface area (Å²) >= 11 is 0. The number of aryl methyl sites for hydroxylation is 1. The van der Waals surface area contributed by atoms with Gasteiger partial charge in [-0.25, -0.2) is 0 Å². The Labute approximate surface area is 95.8 Å². The van der Waals surface area contributed by atoms with Crippen LogP contribution < -0.4 is 10.1 Å². The lowest BCUT2D eigenvalue weighted by atomic mass is 9.91. The molecule has 1 heterocycles. The highest BCUT2D eigenvalue weighted by Crippen LogP contribution is 2.24. The number of hydrogen-bond acceptors (Lipinski definition) is 3. The third kappa shape index (κ3) is 1.95. The van der Waals surface area contributed by atoms with Crippen LogP contribution in [0, 0.1) is 5.92 Å². The average molecular weight is 219 g/mol. The molecule has 0 bridgehead atoms. The maximum Gasteiger partial charge on any atom is 0.172 e. The van der Waals surface area contributed by atoms with Crippen molar-refractivity contribution in [2.24, 2.45) is 5.92 Å². The van der Waals surface area contributed by atoms with Gasteiger partial charge in [0.05, 0.1) is 12.7 Å². The molecule has 0 unspecified atom stereocenters. The fourth-order valence-electron chi connectivity index (χ4n) is 1.86. The van der Waals surface area contributed by atoms with Crippen molar-refractivity contribution in [1.29, 1.82) is 0 Å². The molecule has 16 heavy (non-hydrogen) atoms. The van der Waals surface area contributed by atoms with Gasteiger partial charge in [0.2, 0.25) is 0 Å². The predicted octanol–water partition coefficient (Wildman–Crippen LogP) is 1.66. The van der Waals surface area contributed by atoms with Crippen molar-refractivity contribution >= 4 is 5.78 Å². The van der Waals surface area contributed by atoms with E-state index in [0.29, 0.717) is 5.75 Å². The summed E-state index contributed by atoms with van der Waals surface area (Å²) in [7, 11) is 1.61. The Bertz CT molecular complexity index is 397. The van der Waals surface area contributed by atoms with Gasteiger partial charge in [-0.3, -0.25) is 4.79 Å². The number of hydrogen-bond donors (Lipinski definition) is 1. The van der Waals surface area contributed by atoms with E-state index in [1.807, 2.05) is 18.2 Å². The predicted molar refractivity (Wildman–Crippen MR) is 63.1 cm³/mol. The summed E-state index contributed by atoms with van der Waals surface area (Å²) in [5.74, 6) is 1.01. The molecule has 0 amide bonds. The highest BCUT2D eigenvalue weighted by atomic mass is 16.5. The van der Waals surface area contributed by atoms with Gasteiger partial charge in [-0.1, -0.05) is 13.0 Å². The molecule has 1 fully saturated rings. The van der Waals surface area contributed by atoms with Gasteiger partial charge in [0.15, 0.2) is 5.78 Å². The molecule has 1 aliphatic heterocycles. The molecule has 0 spiro atoms. The zero-order valence-corrected chi connectivity index (χ0v) is 9.75. The molecular formula is C13H17NO2. The van der Waals surface area contributed by atoms with E-state index in [9.17, 15) is 4.79 Å². The van der Waals surface area contributed by atoms with Gasteiger partial charge in [-0.2, -0.15) is 0 Å². The molecule has 3 heteroatoms. The Morgan fingerprint density at radius 3 is 2.75 bits per heavy atom. The molecule has 3 nitrogen and oxygen atoms in total. The number of ketones is 1. The van der Waals surface area contributed by atoms with E-state index in [0.717, 1.165) is 25.1 Å². The molecule has 0 atom stereocenters. The molecule has 1 saturated heterocycles. The number of nitrogens with one attached hydrogen (secondary N) is 1. The summed E-state index contributed by atoms with van der Waals surface area (Å²) < 4.78 is 5.24. The largest absolute Gasteiger partial charge is 0.496 e. The summed E-state index contributed by atoms with van der Waals surface area (Å²) in [6.45, 7) is 3.66. The lowest BCUT2D eigenvalue weighted by molar-refractivity contribution is 0.0875. The highest BCUT2D eigenvalue weighted by molar-refractivity contribution is 6.01.